The molecule has 0 unspecified atom stereocenters. The minimum Gasteiger partial charge on any atom is -1.00 e. The molecule has 7 heteroatoms. The van der Waals surface area contributed by atoms with Crippen molar-refractivity contribution < 1.29 is 17.0 Å². The van der Waals surface area contributed by atoms with Crippen LogP contribution in [0.2, 0.25) is 0 Å². The number of halogens is 1. The van der Waals surface area contributed by atoms with Crippen molar-refractivity contribution in [1.82, 2.24) is 15.1 Å². The fourth-order valence-corrected chi connectivity index (χ4v) is 3.72. The maximum absolute atomic E-state index is 4.80. The van der Waals surface area contributed by atoms with Crippen molar-refractivity contribution in [2.45, 2.75) is 13.8 Å². The number of aryl methyl sites for hydroxylation is 2. The molecule has 128 valence electrons. The van der Waals surface area contributed by atoms with Crippen LogP contribution >= 0.6 is 11.3 Å². The lowest BCUT2D eigenvalue weighted by molar-refractivity contribution is -0.00000489. The summed E-state index contributed by atoms with van der Waals surface area (Å²) in [5, 5.41) is 7.68. The standard InChI is InChI=1S/C18H18N5S.BrH/c1-14-15(2)24-18(21-14)22-19-13-20-23(22,16-9-5-3-6-10-16)17-11-7-4-8-12-17;/h3-13H,1-2H3,(H,19,20);1H/q+1;/p-1. The summed E-state index contributed by atoms with van der Waals surface area (Å²) in [4.78, 5) is 5.93. The predicted octanol–water partition coefficient (Wildman–Crippen LogP) is 1.29. The van der Waals surface area contributed by atoms with Crippen LogP contribution in [0, 0.1) is 13.8 Å². The Bertz CT molecular complexity index is 820. The zero-order chi connectivity index (χ0) is 16.6. The molecule has 0 aliphatic carbocycles. The van der Waals surface area contributed by atoms with Gasteiger partial charge in [-0.15, -0.1) is 0 Å². The van der Waals surface area contributed by atoms with Gasteiger partial charge in [-0.05, 0) is 23.6 Å². The van der Waals surface area contributed by atoms with Gasteiger partial charge >= 0.3 is 0 Å². The highest BCUT2D eigenvalue weighted by molar-refractivity contribution is 7.15. The summed E-state index contributed by atoms with van der Waals surface area (Å²) in [6, 6.07) is 20.5. The quantitative estimate of drug-likeness (QED) is 0.655. The molecule has 0 saturated heterocycles. The molecule has 1 aliphatic rings. The molecule has 1 aromatic heterocycles. The average Bonchev–Trinajstić information content (AvgIpc) is 3.21. The highest BCUT2D eigenvalue weighted by atomic mass is 79.9. The Hall–Kier alpha value is -2.22. The predicted molar refractivity (Wildman–Crippen MR) is 100 cm³/mol. The van der Waals surface area contributed by atoms with Gasteiger partial charge in [0.1, 0.15) is 0 Å². The van der Waals surface area contributed by atoms with Crippen LogP contribution in [0.3, 0.4) is 0 Å². The van der Waals surface area contributed by atoms with E-state index in [0.29, 0.717) is 0 Å². The van der Waals surface area contributed by atoms with Crippen LogP contribution in [0.1, 0.15) is 10.6 Å². The molecule has 2 aromatic carbocycles. The van der Waals surface area contributed by atoms with Gasteiger partial charge in [-0.3, -0.25) is 0 Å². The lowest BCUT2D eigenvalue weighted by atomic mass is 10.2. The number of benzene rings is 2. The number of para-hydroxylation sites is 2. The number of nitrogens with zero attached hydrogens (tertiary/aromatic N) is 4. The Morgan fingerprint density at radius 2 is 1.48 bits per heavy atom. The van der Waals surface area contributed by atoms with Crippen molar-refractivity contribution in [3.63, 3.8) is 0 Å². The van der Waals surface area contributed by atoms with Gasteiger partial charge in [0.15, 0.2) is 17.7 Å². The summed E-state index contributed by atoms with van der Waals surface area (Å²) in [7, 11) is 0. The second kappa shape index (κ2) is 6.95. The first-order valence-electron chi connectivity index (χ1n) is 7.77. The second-order valence-corrected chi connectivity index (χ2v) is 6.78. The minimum atomic E-state index is 0. The highest BCUT2D eigenvalue weighted by Gasteiger charge is 2.47. The van der Waals surface area contributed by atoms with Gasteiger partial charge < -0.3 is 17.0 Å². The summed E-state index contributed by atoms with van der Waals surface area (Å²) in [6.45, 7) is 4.12. The van der Waals surface area contributed by atoms with E-state index in [4.69, 9.17) is 10.1 Å². The molecule has 1 N–H and O–H groups in total. The first-order chi connectivity index (χ1) is 11.7. The third-order valence-electron chi connectivity index (χ3n) is 4.13. The summed E-state index contributed by atoms with van der Waals surface area (Å²) in [5.74, 6) is 0. The number of nitrogens with one attached hydrogen (secondary N) is 1. The van der Waals surface area contributed by atoms with Crippen LogP contribution in [-0.2, 0) is 0 Å². The first-order valence-corrected chi connectivity index (χ1v) is 8.58. The van der Waals surface area contributed by atoms with Gasteiger partial charge in [0.05, 0.1) is 5.69 Å². The Labute approximate surface area is 161 Å². The summed E-state index contributed by atoms with van der Waals surface area (Å²) >= 11 is 1.66. The molecule has 0 fully saturated rings. The van der Waals surface area contributed by atoms with Crippen molar-refractivity contribution >= 4 is 34.2 Å². The van der Waals surface area contributed by atoms with E-state index in [-0.39, 0.29) is 21.7 Å². The van der Waals surface area contributed by atoms with Crippen molar-refractivity contribution in [2.24, 2.45) is 5.10 Å². The lowest BCUT2D eigenvalue weighted by Crippen LogP contribution is -3.00. The number of thiazole rings is 1. The molecule has 3 aromatic rings. The third-order valence-corrected chi connectivity index (χ3v) is 5.17. The Balaban J connectivity index is 0.00000182. The second-order valence-electron chi connectivity index (χ2n) is 5.60. The van der Waals surface area contributed by atoms with Gasteiger partial charge in [0.25, 0.3) is 5.13 Å². The number of hydrogen-bond donors (Lipinski definition) is 1. The van der Waals surface area contributed by atoms with Gasteiger partial charge in [0, 0.05) is 29.1 Å². The van der Waals surface area contributed by atoms with Gasteiger partial charge in [0.2, 0.25) is 0 Å². The van der Waals surface area contributed by atoms with E-state index < -0.39 is 0 Å². The Morgan fingerprint density at radius 1 is 0.920 bits per heavy atom. The van der Waals surface area contributed by atoms with Crippen LogP contribution in [0.15, 0.2) is 65.8 Å². The lowest BCUT2D eigenvalue weighted by Gasteiger charge is -2.33. The average molecular weight is 416 g/mol. The molecular formula is C18H18BrN5S. The number of anilines is 1. The van der Waals surface area contributed by atoms with Crippen molar-refractivity contribution in [2.75, 3.05) is 5.12 Å². The van der Waals surface area contributed by atoms with Crippen molar-refractivity contribution in [3.8, 4) is 0 Å². The van der Waals surface area contributed by atoms with E-state index >= 15 is 0 Å². The molecule has 0 atom stereocenters. The molecule has 0 saturated carbocycles. The van der Waals surface area contributed by atoms with Gasteiger partial charge in [-0.25, -0.2) is 10.4 Å². The van der Waals surface area contributed by atoms with Crippen LogP contribution in [0.4, 0.5) is 16.5 Å². The maximum atomic E-state index is 4.80. The van der Waals surface area contributed by atoms with Crippen LogP contribution in [0.25, 0.3) is 0 Å². The number of aromatic nitrogens is 1. The zero-order valence-electron chi connectivity index (χ0n) is 13.9. The summed E-state index contributed by atoms with van der Waals surface area (Å²) < 4.78 is 0.189. The van der Waals surface area contributed by atoms with E-state index in [1.807, 2.05) is 48.4 Å². The Kier molecular flexibility index (Phi) is 4.89. The van der Waals surface area contributed by atoms with Crippen molar-refractivity contribution in [1.29, 1.82) is 0 Å². The number of hydrogen-bond acceptors (Lipinski definition) is 5. The van der Waals surface area contributed by atoms with Crippen LogP contribution < -0.4 is 32.2 Å². The number of quaternary nitrogens is 1. The van der Waals surface area contributed by atoms with Crippen LogP contribution in [-0.4, -0.2) is 11.3 Å². The third kappa shape index (κ3) is 2.84. The normalized spacial score (nSPS) is 14.9. The SMILES string of the molecule is Cc1nc(N2NC=N[N+]2(c2ccccc2)c2ccccc2)sc1C.[Br-]. The van der Waals surface area contributed by atoms with Crippen molar-refractivity contribution in [3.05, 3.63) is 71.2 Å². The smallest absolute Gasteiger partial charge is 0.262 e. The topological polar surface area (TPSA) is 40.5 Å². The Morgan fingerprint density at radius 3 is 1.96 bits per heavy atom. The summed E-state index contributed by atoms with van der Waals surface area (Å²) in [5.41, 5.74) is 6.38. The molecule has 0 bridgehead atoms. The molecule has 2 heterocycles. The highest BCUT2D eigenvalue weighted by Crippen LogP contribution is 2.41. The van der Waals surface area contributed by atoms with Gasteiger partial charge in [-0.1, -0.05) is 52.9 Å². The van der Waals surface area contributed by atoms with Gasteiger partial charge in [-0.2, -0.15) is 0 Å². The molecule has 0 spiro atoms. The summed E-state index contributed by atoms with van der Waals surface area (Å²) in [6.07, 6.45) is 1.73. The molecule has 0 radical (unpaired) electrons. The van der Waals surface area contributed by atoms with E-state index in [1.54, 1.807) is 17.7 Å². The number of hydrazine groups is 1. The maximum Gasteiger partial charge on any atom is 0.262 e. The largest absolute Gasteiger partial charge is 1.00 e. The molecule has 1 aliphatic heterocycles. The molecule has 4 rings (SSSR count). The monoisotopic (exact) mass is 415 g/mol. The molecule has 5 nitrogen and oxygen atoms in total. The van der Waals surface area contributed by atoms with Crippen LogP contribution in [0.5, 0.6) is 0 Å². The fraction of sp³-hybridized carbons (Fsp3) is 0.111. The molecule has 25 heavy (non-hydrogen) atoms. The minimum absolute atomic E-state index is 0. The first kappa shape index (κ1) is 17.6. The molecule has 0 amide bonds. The molecular weight excluding hydrogens is 398 g/mol. The van der Waals surface area contributed by atoms with E-state index in [9.17, 15) is 0 Å². The van der Waals surface area contributed by atoms with E-state index in [1.165, 1.54) is 4.88 Å². The van der Waals surface area contributed by atoms with E-state index in [0.717, 1.165) is 22.2 Å². The zero-order valence-corrected chi connectivity index (χ0v) is 16.3. The number of rotatable bonds is 3. The van der Waals surface area contributed by atoms with E-state index in [2.05, 4.69) is 36.6 Å². The fourth-order valence-electron chi connectivity index (χ4n) is 2.81.